The van der Waals surface area contributed by atoms with Crippen molar-refractivity contribution < 1.29 is 22.7 Å². The van der Waals surface area contributed by atoms with Gasteiger partial charge in [-0.2, -0.15) is 18.3 Å². The lowest BCUT2D eigenvalue weighted by Gasteiger charge is -2.20. The van der Waals surface area contributed by atoms with Gasteiger partial charge in [-0.25, -0.2) is 4.68 Å². The molecular weight excluding hydrogens is 501 g/mol. The molecule has 1 N–H and O–H groups in total. The Hall–Kier alpha value is -4.26. The van der Waals surface area contributed by atoms with E-state index in [1.54, 1.807) is 49.1 Å². The van der Waals surface area contributed by atoms with Gasteiger partial charge in [-0.1, -0.05) is 5.21 Å². The van der Waals surface area contributed by atoms with Crippen LogP contribution in [-0.4, -0.2) is 61.8 Å². The number of nitrogens with zero attached hydrogens (tertiary/aromatic N) is 7. The number of carbonyl (C=O) groups is 1. The summed E-state index contributed by atoms with van der Waals surface area (Å²) in [5.74, 6) is -0.911. The number of carbonyl (C=O) groups excluding carboxylic acids is 1. The molecule has 0 saturated carbocycles. The van der Waals surface area contributed by atoms with Crippen molar-refractivity contribution in [3.63, 3.8) is 0 Å². The summed E-state index contributed by atoms with van der Waals surface area (Å²) in [5.41, 5.74) is 2.82. The molecule has 13 heteroatoms. The minimum atomic E-state index is -4.68. The van der Waals surface area contributed by atoms with E-state index in [4.69, 9.17) is 4.74 Å². The number of nitrogens with one attached hydrogen (secondary N) is 1. The summed E-state index contributed by atoms with van der Waals surface area (Å²) in [7, 11) is 6.46. The lowest BCUT2D eigenvalue weighted by molar-refractivity contribution is -0.138. The number of hydrogen-bond acceptors (Lipinski definition) is 7. The fraction of sp³-hybridized carbons (Fsp3) is 0.320. The molecule has 4 aromatic rings. The summed E-state index contributed by atoms with van der Waals surface area (Å²) >= 11 is 0. The van der Waals surface area contributed by atoms with Gasteiger partial charge in [-0.15, -0.1) is 5.10 Å². The van der Waals surface area contributed by atoms with Crippen molar-refractivity contribution in [2.45, 2.75) is 26.6 Å². The van der Waals surface area contributed by atoms with Crippen LogP contribution in [0.2, 0.25) is 0 Å². The molecule has 1 amide bonds. The van der Waals surface area contributed by atoms with Crippen LogP contribution in [0.3, 0.4) is 0 Å². The third-order valence-corrected chi connectivity index (χ3v) is 5.99. The van der Waals surface area contributed by atoms with Crippen molar-refractivity contribution in [3.8, 4) is 22.7 Å². The lowest BCUT2D eigenvalue weighted by Crippen LogP contribution is -2.18. The molecule has 0 unspecified atom stereocenters. The average Bonchev–Trinajstić information content (AvgIpc) is 3.45. The summed E-state index contributed by atoms with van der Waals surface area (Å²) in [4.78, 5) is 19.1. The van der Waals surface area contributed by atoms with Crippen molar-refractivity contribution in [1.29, 1.82) is 0 Å². The van der Waals surface area contributed by atoms with E-state index in [0.717, 1.165) is 17.3 Å². The van der Waals surface area contributed by atoms with Crippen LogP contribution in [0.4, 0.5) is 18.9 Å². The molecular formula is C25H27F3N8O2. The van der Waals surface area contributed by atoms with Gasteiger partial charge in [0.2, 0.25) is 0 Å². The number of methoxy groups -OCH3 is 1. The molecule has 38 heavy (non-hydrogen) atoms. The van der Waals surface area contributed by atoms with Crippen LogP contribution >= 0.6 is 0 Å². The van der Waals surface area contributed by atoms with Gasteiger partial charge in [-0.3, -0.25) is 14.5 Å². The number of aromatic nitrogens is 6. The SMILES string of the molecule is COc1c(CN(C)C)cc(NC(=O)c2cnc(C)c(-n3cc(-c4cnn(C)c4C)nn3)c2)cc1C(F)(F)F. The van der Waals surface area contributed by atoms with Crippen LogP contribution in [0.1, 0.15) is 32.9 Å². The van der Waals surface area contributed by atoms with Gasteiger partial charge >= 0.3 is 6.18 Å². The molecule has 4 rings (SSSR count). The van der Waals surface area contributed by atoms with Gasteiger partial charge < -0.3 is 15.0 Å². The first-order chi connectivity index (χ1) is 17.9. The lowest BCUT2D eigenvalue weighted by atomic mass is 10.1. The number of ether oxygens (including phenoxy) is 1. The quantitative estimate of drug-likeness (QED) is 0.387. The van der Waals surface area contributed by atoms with Gasteiger partial charge in [0.25, 0.3) is 5.91 Å². The second kappa shape index (κ2) is 10.2. The Morgan fingerprint density at radius 2 is 1.89 bits per heavy atom. The fourth-order valence-electron chi connectivity index (χ4n) is 4.01. The van der Waals surface area contributed by atoms with Crippen LogP contribution in [0, 0.1) is 13.8 Å². The van der Waals surface area contributed by atoms with Crippen molar-refractivity contribution in [1.82, 2.24) is 34.7 Å². The number of benzene rings is 1. The Labute approximate surface area is 217 Å². The van der Waals surface area contributed by atoms with Crippen LogP contribution in [-0.2, 0) is 19.8 Å². The van der Waals surface area contributed by atoms with E-state index in [1.807, 2.05) is 14.0 Å². The minimum absolute atomic E-state index is 0.0165. The maximum atomic E-state index is 13.8. The summed E-state index contributed by atoms with van der Waals surface area (Å²) in [5, 5.41) is 15.2. The highest BCUT2D eigenvalue weighted by atomic mass is 19.4. The van der Waals surface area contributed by atoms with Gasteiger partial charge in [-0.05, 0) is 46.1 Å². The third-order valence-electron chi connectivity index (χ3n) is 5.99. The molecule has 0 atom stereocenters. The van der Waals surface area contributed by atoms with E-state index >= 15 is 0 Å². The molecule has 10 nitrogen and oxygen atoms in total. The molecule has 0 saturated heterocycles. The van der Waals surface area contributed by atoms with Crippen LogP contribution < -0.4 is 10.1 Å². The zero-order chi connectivity index (χ0) is 27.8. The summed E-state index contributed by atoms with van der Waals surface area (Å²) in [6, 6.07) is 3.88. The first kappa shape index (κ1) is 26.8. The fourth-order valence-corrected chi connectivity index (χ4v) is 4.01. The average molecular weight is 529 g/mol. The number of hydrogen-bond donors (Lipinski definition) is 1. The number of rotatable bonds is 7. The highest BCUT2D eigenvalue weighted by molar-refractivity contribution is 6.04. The second-order valence-electron chi connectivity index (χ2n) is 9.05. The Kier molecular flexibility index (Phi) is 7.22. The Balaban J connectivity index is 1.67. The zero-order valence-electron chi connectivity index (χ0n) is 21.8. The van der Waals surface area contributed by atoms with E-state index in [9.17, 15) is 18.0 Å². The van der Waals surface area contributed by atoms with Crippen molar-refractivity contribution in [2.75, 3.05) is 26.5 Å². The van der Waals surface area contributed by atoms with Crippen LogP contribution in [0.25, 0.3) is 16.9 Å². The van der Waals surface area contributed by atoms with E-state index in [1.165, 1.54) is 24.1 Å². The van der Waals surface area contributed by atoms with E-state index in [0.29, 0.717) is 17.1 Å². The van der Waals surface area contributed by atoms with Gasteiger partial charge in [0.05, 0.1) is 42.0 Å². The maximum Gasteiger partial charge on any atom is 0.420 e. The van der Waals surface area contributed by atoms with Gasteiger partial charge in [0, 0.05) is 42.3 Å². The van der Waals surface area contributed by atoms with Gasteiger partial charge in [0.15, 0.2) is 0 Å². The topological polar surface area (TPSA) is 103 Å². The molecule has 3 heterocycles. The Bertz CT molecular complexity index is 1490. The molecule has 0 aliphatic carbocycles. The second-order valence-corrected chi connectivity index (χ2v) is 9.05. The predicted octanol–water partition coefficient (Wildman–Crippen LogP) is 4.02. The molecule has 0 aliphatic heterocycles. The largest absolute Gasteiger partial charge is 0.496 e. The van der Waals surface area contributed by atoms with Crippen molar-refractivity contribution in [2.24, 2.45) is 7.05 Å². The maximum absolute atomic E-state index is 13.8. The highest BCUT2D eigenvalue weighted by Crippen LogP contribution is 2.40. The van der Waals surface area contributed by atoms with Crippen LogP contribution in [0.5, 0.6) is 5.75 Å². The molecule has 1 aromatic carbocycles. The van der Waals surface area contributed by atoms with E-state index in [-0.39, 0.29) is 29.1 Å². The number of pyridine rings is 1. The molecule has 0 spiro atoms. The molecule has 0 fully saturated rings. The molecule has 0 bridgehead atoms. The number of aryl methyl sites for hydroxylation is 2. The summed E-state index contributed by atoms with van der Waals surface area (Å²) in [6.07, 6.45) is 0.0605. The normalized spacial score (nSPS) is 11.7. The number of alkyl halides is 3. The van der Waals surface area contributed by atoms with E-state index in [2.05, 4.69) is 25.7 Å². The smallest absolute Gasteiger partial charge is 0.420 e. The number of amides is 1. The van der Waals surface area contributed by atoms with Crippen molar-refractivity contribution >= 4 is 11.6 Å². The summed E-state index contributed by atoms with van der Waals surface area (Å²) in [6.45, 7) is 3.84. The number of anilines is 1. The van der Waals surface area contributed by atoms with Crippen molar-refractivity contribution in [3.05, 3.63) is 64.9 Å². The Morgan fingerprint density at radius 3 is 2.50 bits per heavy atom. The predicted molar refractivity (Wildman–Crippen MR) is 134 cm³/mol. The standard InChI is InChI=1S/C25H27F3N8O2/c1-14-22(36-13-21(32-33-36)19-11-30-35(5)15(19)2)8-16(10-29-14)24(37)31-18-7-17(12-34(3)4)23(38-6)20(9-18)25(26,27)28/h7-11,13H,12H2,1-6H3,(H,31,37). The minimum Gasteiger partial charge on any atom is -0.496 e. The molecule has 200 valence electrons. The number of halogens is 3. The first-order valence-electron chi connectivity index (χ1n) is 11.5. The first-order valence-corrected chi connectivity index (χ1v) is 11.5. The van der Waals surface area contributed by atoms with E-state index < -0.39 is 17.6 Å². The highest BCUT2D eigenvalue weighted by Gasteiger charge is 2.36. The Morgan fingerprint density at radius 1 is 1.16 bits per heavy atom. The summed E-state index contributed by atoms with van der Waals surface area (Å²) < 4.78 is 49.7. The zero-order valence-corrected chi connectivity index (χ0v) is 21.8. The molecule has 0 radical (unpaired) electrons. The monoisotopic (exact) mass is 528 g/mol. The molecule has 0 aliphatic rings. The molecule has 3 aromatic heterocycles. The van der Waals surface area contributed by atoms with Gasteiger partial charge in [0.1, 0.15) is 11.4 Å². The van der Waals surface area contributed by atoms with Crippen LogP contribution in [0.15, 0.2) is 36.8 Å². The third kappa shape index (κ3) is 5.37.